The zero-order chi connectivity index (χ0) is 29.9. The predicted octanol–water partition coefficient (Wildman–Crippen LogP) is 9.40. The van der Waals surface area contributed by atoms with Crippen LogP contribution in [0.3, 0.4) is 0 Å². The molecule has 42 heavy (non-hydrogen) atoms. The minimum absolute atomic E-state index is 0.864. The second-order valence-corrected chi connectivity index (χ2v) is 10.8. The fraction of sp³-hybridized carbons (Fsp3) is 0.0588. The standard InChI is InChI=1S/C33H24O.CHF3O3S/c1-34-26-21-19-23(20-22-26)27-17-10-18-30-31(24-11-4-2-5-12-24)28-15-8-9-16-29(28)32(33(27)30)25-13-6-3-7-14-25;2-1(3,4)8(5,6)7/h2-22H,1H3;(H,5,6,7). The van der Waals surface area contributed by atoms with Gasteiger partial charge in [0.25, 0.3) is 0 Å². The van der Waals surface area contributed by atoms with Gasteiger partial charge < -0.3 is 4.74 Å². The Morgan fingerprint density at radius 3 is 1.52 bits per heavy atom. The van der Waals surface area contributed by atoms with Crippen LogP contribution in [0.1, 0.15) is 0 Å². The molecule has 0 aliphatic rings. The Hall–Kier alpha value is -4.66. The molecular formula is C34H25F3O4S. The number of ether oxygens (including phenoxy) is 1. The van der Waals surface area contributed by atoms with Crippen molar-refractivity contribution in [2.75, 3.05) is 7.11 Å². The summed E-state index contributed by atoms with van der Waals surface area (Å²) < 4.78 is 63.0. The van der Waals surface area contributed by atoms with Gasteiger partial charge in [0.2, 0.25) is 0 Å². The van der Waals surface area contributed by atoms with E-state index in [0.29, 0.717) is 0 Å². The quantitative estimate of drug-likeness (QED) is 0.127. The van der Waals surface area contributed by atoms with Crippen molar-refractivity contribution in [3.05, 3.63) is 127 Å². The van der Waals surface area contributed by atoms with Crippen LogP contribution in [0.25, 0.3) is 54.9 Å². The molecule has 8 heteroatoms. The summed E-state index contributed by atoms with van der Waals surface area (Å²) in [5.74, 6) is 0.864. The number of rotatable bonds is 4. The summed E-state index contributed by atoms with van der Waals surface area (Å²) >= 11 is 0. The summed E-state index contributed by atoms with van der Waals surface area (Å²) in [4.78, 5) is 0. The molecule has 0 saturated carbocycles. The van der Waals surface area contributed by atoms with Crippen molar-refractivity contribution in [3.63, 3.8) is 0 Å². The molecule has 212 valence electrons. The molecule has 0 fully saturated rings. The van der Waals surface area contributed by atoms with Crippen LogP contribution in [0, 0.1) is 0 Å². The first-order valence-corrected chi connectivity index (χ1v) is 14.3. The summed E-state index contributed by atoms with van der Waals surface area (Å²) in [5.41, 5.74) is 1.88. The van der Waals surface area contributed by atoms with Gasteiger partial charge in [-0.1, -0.05) is 115 Å². The number of benzene rings is 6. The predicted molar refractivity (Wildman–Crippen MR) is 162 cm³/mol. The van der Waals surface area contributed by atoms with Gasteiger partial charge in [0, 0.05) is 0 Å². The molecule has 6 aromatic carbocycles. The lowest BCUT2D eigenvalue weighted by Gasteiger charge is -2.20. The molecule has 0 saturated heterocycles. The van der Waals surface area contributed by atoms with Gasteiger partial charge in [-0.05, 0) is 67.1 Å². The molecule has 0 atom stereocenters. The van der Waals surface area contributed by atoms with Crippen molar-refractivity contribution >= 4 is 31.7 Å². The summed E-state index contributed by atoms with van der Waals surface area (Å²) in [5, 5.41) is 5.07. The first kappa shape index (κ1) is 28.9. The Balaban J connectivity index is 0.000000390. The van der Waals surface area contributed by atoms with Crippen LogP contribution in [0.4, 0.5) is 13.2 Å². The fourth-order valence-electron chi connectivity index (χ4n) is 5.06. The van der Waals surface area contributed by atoms with E-state index in [9.17, 15) is 13.2 Å². The van der Waals surface area contributed by atoms with E-state index in [4.69, 9.17) is 17.7 Å². The molecule has 0 aliphatic heterocycles. The lowest BCUT2D eigenvalue weighted by Crippen LogP contribution is -2.21. The van der Waals surface area contributed by atoms with E-state index >= 15 is 0 Å². The van der Waals surface area contributed by atoms with Gasteiger partial charge in [-0.3, -0.25) is 4.55 Å². The highest BCUT2D eigenvalue weighted by molar-refractivity contribution is 7.86. The molecule has 0 heterocycles. The van der Waals surface area contributed by atoms with Crippen LogP contribution in [-0.2, 0) is 10.1 Å². The Kier molecular flexibility index (Phi) is 8.02. The summed E-state index contributed by atoms with van der Waals surface area (Å²) in [6, 6.07) is 45.4. The zero-order valence-electron chi connectivity index (χ0n) is 22.3. The maximum Gasteiger partial charge on any atom is 0.522 e. The van der Waals surface area contributed by atoms with Crippen LogP contribution in [-0.4, -0.2) is 25.6 Å². The van der Waals surface area contributed by atoms with E-state index in [1.807, 2.05) is 12.1 Å². The third-order valence-corrected chi connectivity index (χ3v) is 7.45. The van der Waals surface area contributed by atoms with Crippen LogP contribution >= 0.6 is 0 Å². The van der Waals surface area contributed by atoms with Crippen molar-refractivity contribution in [2.24, 2.45) is 0 Å². The molecule has 6 rings (SSSR count). The van der Waals surface area contributed by atoms with Gasteiger partial charge in [-0.25, -0.2) is 0 Å². The maximum atomic E-state index is 10.7. The lowest BCUT2D eigenvalue weighted by molar-refractivity contribution is -0.0510. The Labute approximate surface area is 241 Å². The van der Waals surface area contributed by atoms with E-state index < -0.39 is 15.6 Å². The van der Waals surface area contributed by atoms with E-state index in [2.05, 4.69) is 115 Å². The molecule has 0 amide bonds. The molecule has 0 aromatic heterocycles. The van der Waals surface area contributed by atoms with Crippen LogP contribution in [0.15, 0.2) is 127 Å². The summed E-state index contributed by atoms with van der Waals surface area (Å²) in [6.45, 7) is 0. The first-order valence-electron chi connectivity index (χ1n) is 12.9. The largest absolute Gasteiger partial charge is 0.522 e. The molecule has 0 aliphatic carbocycles. The summed E-state index contributed by atoms with van der Waals surface area (Å²) in [6.07, 6.45) is 0. The van der Waals surface area contributed by atoms with Crippen molar-refractivity contribution in [1.29, 1.82) is 0 Å². The Morgan fingerprint density at radius 1 is 0.571 bits per heavy atom. The van der Waals surface area contributed by atoms with E-state index in [-0.39, 0.29) is 0 Å². The van der Waals surface area contributed by atoms with Crippen LogP contribution in [0.2, 0.25) is 0 Å². The topological polar surface area (TPSA) is 63.6 Å². The van der Waals surface area contributed by atoms with Gasteiger partial charge >= 0.3 is 15.6 Å². The minimum Gasteiger partial charge on any atom is -0.497 e. The number of alkyl halides is 3. The monoisotopic (exact) mass is 586 g/mol. The minimum atomic E-state index is -5.84. The molecule has 0 bridgehead atoms. The number of methoxy groups -OCH3 is 1. The van der Waals surface area contributed by atoms with Gasteiger partial charge in [0.15, 0.2) is 0 Å². The number of hydrogen-bond acceptors (Lipinski definition) is 3. The molecular weight excluding hydrogens is 561 g/mol. The maximum absolute atomic E-state index is 10.7. The van der Waals surface area contributed by atoms with Crippen molar-refractivity contribution in [2.45, 2.75) is 5.51 Å². The number of fused-ring (bicyclic) bond motifs is 2. The molecule has 4 nitrogen and oxygen atoms in total. The zero-order valence-corrected chi connectivity index (χ0v) is 23.2. The van der Waals surface area contributed by atoms with E-state index in [0.717, 1.165) is 5.75 Å². The molecule has 1 N–H and O–H groups in total. The normalized spacial score (nSPS) is 11.6. The molecule has 0 radical (unpaired) electrons. The Bertz CT molecular complexity index is 1960. The van der Waals surface area contributed by atoms with Gasteiger partial charge in [-0.2, -0.15) is 21.6 Å². The highest BCUT2D eigenvalue weighted by atomic mass is 32.2. The van der Waals surface area contributed by atoms with E-state index in [1.165, 1.54) is 54.9 Å². The van der Waals surface area contributed by atoms with Crippen LogP contribution in [0.5, 0.6) is 5.75 Å². The highest BCUT2D eigenvalue weighted by Gasteiger charge is 2.44. The third kappa shape index (κ3) is 5.72. The van der Waals surface area contributed by atoms with Crippen LogP contribution < -0.4 is 4.74 Å². The average Bonchev–Trinajstić information content (AvgIpc) is 3.00. The lowest BCUT2D eigenvalue weighted by atomic mass is 9.83. The van der Waals surface area contributed by atoms with Crippen molar-refractivity contribution in [1.82, 2.24) is 0 Å². The second-order valence-electron chi connectivity index (χ2n) is 9.41. The smallest absolute Gasteiger partial charge is 0.497 e. The SMILES string of the molecule is COc1ccc(-c2cccc3c(-c4ccccc4)c4ccccc4c(-c4ccccc4)c23)cc1.O=S(=O)(O)C(F)(F)F. The van der Waals surface area contributed by atoms with Gasteiger partial charge in [-0.15, -0.1) is 0 Å². The fourth-order valence-corrected chi connectivity index (χ4v) is 5.06. The number of hydrogen-bond donors (Lipinski definition) is 1. The van der Waals surface area contributed by atoms with Crippen molar-refractivity contribution in [3.8, 4) is 39.1 Å². The van der Waals surface area contributed by atoms with Gasteiger partial charge in [0.1, 0.15) is 5.75 Å². The van der Waals surface area contributed by atoms with E-state index in [1.54, 1.807) is 7.11 Å². The third-order valence-electron chi connectivity index (χ3n) is 6.87. The second kappa shape index (κ2) is 11.7. The first-order chi connectivity index (χ1) is 20.1. The molecule has 0 spiro atoms. The molecule has 0 unspecified atom stereocenters. The Morgan fingerprint density at radius 2 is 1.02 bits per heavy atom. The van der Waals surface area contributed by atoms with Gasteiger partial charge in [0.05, 0.1) is 7.11 Å². The number of halogens is 3. The summed E-state index contributed by atoms with van der Waals surface area (Å²) in [7, 11) is -4.13. The molecule has 6 aromatic rings. The highest BCUT2D eigenvalue weighted by Crippen LogP contribution is 2.46. The average molecular weight is 587 g/mol. The van der Waals surface area contributed by atoms with Crippen molar-refractivity contribution < 1.29 is 30.9 Å².